The van der Waals surface area contributed by atoms with E-state index in [0.717, 1.165) is 16.6 Å². The Balaban J connectivity index is 1.39. The van der Waals surface area contributed by atoms with Gasteiger partial charge >= 0.3 is 5.97 Å². The second-order valence-corrected chi connectivity index (χ2v) is 14.4. The highest BCUT2D eigenvalue weighted by Gasteiger charge is 2.79. The number of hydrogen-bond acceptors (Lipinski definition) is 9. The fourth-order valence-corrected chi connectivity index (χ4v) is 10.5. The summed E-state index contributed by atoms with van der Waals surface area (Å²) >= 11 is 2.40. The first-order valence-corrected chi connectivity index (χ1v) is 16.0. The number of halogens is 2. The van der Waals surface area contributed by atoms with Gasteiger partial charge in [0.05, 0.1) is 25.0 Å². The summed E-state index contributed by atoms with van der Waals surface area (Å²) in [5.74, 6) is -2.83. The molecule has 1 N–H and O–H groups in total. The summed E-state index contributed by atoms with van der Waals surface area (Å²) in [6, 6.07) is 3.92. The van der Waals surface area contributed by atoms with Crippen LogP contribution < -0.4 is 0 Å². The van der Waals surface area contributed by atoms with Crippen molar-refractivity contribution in [2.75, 3.05) is 18.9 Å². The Morgan fingerprint density at radius 3 is 2.78 bits per heavy atom. The maximum Gasteiger partial charge on any atom is 0.316 e. The number of ketones is 1. The van der Waals surface area contributed by atoms with E-state index in [2.05, 4.69) is 0 Å². The summed E-state index contributed by atoms with van der Waals surface area (Å²) < 4.78 is 38.5. The number of esters is 1. The number of hydrogen-bond donors (Lipinski definition) is 1. The molecule has 3 saturated carbocycles. The number of rotatable bonds is 6. The molecule has 1 aromatic heterocycles. The van der Waals surface area contributed by atoms with Gasteiger partial charge in [-0.3, -0.25) is 19.2 Å². The Bertz CT molecular complexity index is 1320. The van der Waals surface area contributed by atoms with Crippen LogP contribution in [0.1, 0.15) is 44.9 Å². The third-order valence-electron chi connectivity index (χ3n) is 10.5. The molecule has 0 aromatic carbocycles. The van der Waals surface area contributed by atoms with Crippen molar-refractivity contribution >= 4 is 40.0 Å². The molecule has 9 atom stereocenters. The lowest BCUT2D eigenvalue weighted by Gasteiger charge is -2.63. The van der Waals surface area contributed by atoms with Gasteiger partial charge in [-0.05, 0) is 68.2 Å². The van der Waals surface area contributed by atoms with Crippen molar-refractivity contribution in [1.82, 2.24) is 5.06 Å². The van der Waals surface area contributed by atoms with Gasteiger partial charge < -0.3 is 9.84 Å². The molecule has 0 amide bonds. The number of alkyl halides is 2. The molecule has 222 valence electrons. The quantitative estimate of drug-likeness (QED) is 0.469. The van der Waals surface area contributed by atoms with E-state index in [1.54, 1.807) is 30.2 Å². The summed E-state index contributed by atoms with van der Waals surface area (Å²) in [5, 5.41) is 15.1. The molecular weight excluding hydrogens is 572 g/mol. The Kier molecular flexibility index (Phi) is 7.17. The molecule has 0 bridgehead atoms. The maximum atomic E-state index is 17.6. The number of thioether (sulfide) groups is 1. The number of carbonyl (C=O) groups is 3. The molecule has 4 fully saturated rings. The number of aliphatic hydroxyl groups excluding tert-OH is 1. The smallest absolute Gasteiger partial charge is 0.316 e. The number of thiophene rings is 1. The topological polar surface area (TPSA) is 93.1 Å². The normalized spacial score (nSPS) is 43.1. The first-order valence-electron chi connectivity index (χ1n) is 14.2. The van der Waals surface area contributed by atoms with Crippen molar-refractivity contribution in [2.24, 2.45) is 28.6 Å². The molecule has 7 nitrogen and oxygen atoms in total. The average molecular weight is 608 g/mol. The van der Waals surface area contributed by atoms with E-state index in [9.17, 15) is 19.5 Å². The van der Waals surface area contributed by atoms with Crippen LogP contribution in [0.3, 0.4) is 0 Å². The van der Waals surface area contributed by atoms with Crippen LogP contribution in [0.25, 0.3) is 0 Å². The standard InChI is InChI=1S/C30H35F2NO6S2/c1-4-38-25(36)16-41-26(37)30-17(14-33(39-30)15-19-6-5-9-40-19)10-20-21-12-23(31)22-11-18(34)7-8-27(22,2)29(21,32)24(35)13-28(20,30)3/h5-9,11,17,20-21,23-24,35H,4,10,12-16H2,1-3H3/t17-,20-,21-,23-,24-,27-,28-,29-,30-/m0/s1. The van der Waals surface area contributed by atoms with Crippen molar-refractivity contribution in [3.63, 3.8) is 0 Å². The van der Waals surface area contributed by atoms with Crippen molar-refractivity contribution in [3.8, 4) is 0 Å². The molecule has 0 radical (unpaired) electrons. The van der Waals surface area contributed by atoms with Gasteiger partial charge in [0.25, 0.3) is 0 Å². The second-order valence-electron chi connectivity index (χ2n) is 12.4. The lowest BCUT2D eigenvalue weighted by atomic mass is 9.44. The molecule has 11 heteroatoms. The molecule has 5 aliphatic rings. The van der Waals surface area contributed by atoms with Crippen molar-refractivity contribution in [2.45, 2.75) is 70.1 Å². The third-order valence-corrected chi connectivity index (χ3v) is 12.3. The van der Waals surface area contributed by atoms with Gasteiger partial charge in [0.2, 0.25) is 5.12 Å². The van der Waals surface area contributed by atoms with Gasteiger partial charge in [-0.15, -0.1) is 11.3 Å². The summed E-state index contributed by atoms with van der Waals surface area (Å²) in [6.45, 7) is 6.18. The number of nitrogens with zero attached hydrogens (tertiary/aromatic N) is 1. The summed E-state index contributed by atoms with van der Waals surface area (Å²) in [4.78, 5) is 46.2. The number of carbonyl (C=O) groups excluding carboxylic acids is 3. The molecule has 1 aromatic rings. The predicted octanol–water partition coefficient (Wildman–Crippen LogP) is 4.60. The Labute approximate surface area is 246 Å². The van der Waals surface area contributed by atoms with Crippen molar-refractivity contribution in [3.05, 3.63) is 46.2 Å². The highest BCUT2D eigenvalue weighted by atomic mass is 32.2. The number of hydroxylamine groups is 2. The fraction of sp³-hybridized carbons (Fsp3) is 0.633. The predicted molar refractivity (Wildman–Crippen MR) is 150 cm³/mol. The van der Waals surface area contributed by atoms with Crippen LogP contribution in [-0.4, -0.2) is 69.5 Å². The molecule has 4 aliphatic carbocycles. The molecule has 1 aliphatic heterocycles. The molecule has 0 unspecified atom stereocenters. The van der Waals surface area contributed by atoms with E-state index in [0.29, 0.717) is 19.5 Å². The molecular formula is C30H35F2NO6S2. The van der Waals surface area contributed by atoms with Gasteiger partial charge in [-0.1, -0.05) is 30.8 Å². The Morgan fingerprint density at radius 2 is 2.07 bits per heavy atom. The summed E-state index contributed by atoms with van der Waals surface area (Å²) in [6.07, 6.45) is 0.891. The molecule has 6 rings (SSSR count). The molecule has 1 saturated heterocycles. The highest BCUT2D eigenvalue weighted by Crippen LogP contribution is 2.73. The molecule has 2 heterocycles. The van der Waals surface area contributed by atoms with Crippen LogP contribution in [0.15, 0.2) is 41.3 Å². The monoisotopic (exact) mass is 607 g/mol. The highest BCUT2D eigenvalue weighted by molar-refractivity contribution is 8.14. The Hall–Kier alpha value is -1.92. The minimum atomic E-state index is -2.24. The zero-order valence-electron chi connectivity index (χ0n) is 23.3. The van der Waals surface area contributed by atoms with Crippen LogP contribution >= 0.6 is 23.1 Å². The van der Waals surface area contributed by atoms with E-state index in [4.69, 9.17) is 9.57 Å². The van der Waals surface area contributed by atoms with E-state index in [1.807, 2.05) is 24.4 Å². The van der Waals surface area contributed by atoms with Crippen LogP contribution in [0, 0.1) is 28.6 Å². The number of ether oxygens (including phenoxy) is 1. The van der Waals surface area contributed by atoms with Gasteiger partial charge in [0.15, 0.2) is 17.1 Å². The maximum absolute atomic E-state index is 17.6. The van der Waals surface area contributed by atoms with Crippen LogP contribution in [0.4, 0.5) is 8.78 Å². The second kappa shape index (κ2) is 10.1. The van der Waals surface area contributed by atoms with Gasteiger partial charge in [0.1, 0.15) is 6.17 Å². The van der Waals surface area contributed by atoms with Gasteiger partial charge in [-0.2, -0.15) is 5.06 Å². The molecule has 0 spiro atoms. The van der Waals surface area contributed by atoms with E-state index < -0.39 is 58.0 Å². The Morgan fingerprint density at radius 1 is 1.29 bits per heavy atom. The zero-order chi connectivity index (χ0) is 29.4. The van der Waals surface area contributed by atoms with Crippen molar-refractivity contribution < 1.29 is 37.8 Å². The van der Waals surface area contributed by atoms with E-state index in [1.165, 1.54) is 18.2 Å². The minimum Gasteiger partial charge on any atom is -0.465 e. The first-order chi connectivity index (χ1) is 19.4. The van der Waals surface area contributed by atoms with Crippen LogP contribution in [-0.2, 0) is 30.5 Å². The van der Waals surface area contributed by atoms with Gasteiger partial charge in [0, 0.05) is 34.1 Å². The van der Waals surface area contributed by atoms with E-state index >= 15 is 8.78 Å². The lowest BCUT2D eigenvalue weighted by molar-refractivity contribution is -0.266. The lowest BCUT2D eigenvalue weighted by Crippen LogP contribution is -2.70. The van der Waals surface area contributed by atoms with Crippen LogP contribution in [0.5, 0.6) is 0 Å². The zero-order valence-corrected chi connectivity index (χ0v) is 24.9. The van der Waals surface area contributed by atoms with E-state index in [-0.39, 0.29) is 41.8 Å². The SMILES string of the molecule is CCOC(=O)CSC(=O)[C@@]12ON(Cc3cccs3)C[C@@H]1C[C@H]1[C@@H]3C[C@H](F)C4=CC(=O)C=C[C@]4(C)[C@@]3(F)[C@@H](O)C[C@@]12C. The largest absolute Gasteiger partial charge is 0.465 e. The minimum absolute atomic E-state index is 0.0683. The van der Waals surface area contributed by atoms with Crippen LogP contribution in [0.2, 0.25) is 0 Å². The third kappa shape index (κ3) is 4.02. The summed E-state index contributed by atoms with van der Waals surface area (Å²) in [7, 11) is 0. The number of fused-ring (bicyclic) bond motifs is 7. The van der Waals surface area contributed by atoms with Crippen molar-refractivity contribution in [1.29, 1.82) is 0 Å². The number of allylic oxidation sites excluding steroid dienone is 4. The number of aliphatic hydroxyl groups is 1. The average Bonchev–Trinajstić information content (AvgIpc) is 3.62. The molecule has 41 heavy (non-hydrogen) atoms. The summed E-state index contributed by atoms with van der Waals surface area (Å²) in [5.41, 5.74) is -6.13. The van der Waals surface area contributed by atoms with Gasteiger partial charge in [-0.25, -0.2) is 8.78 Å². The fourth-order valence-electron chi connectivity index (χ4n) is 8.77. The first kappa shape index (κ1) is 29.2.